The van der Waals surface area contributed by atoms with E-state index in [1.165, 1.54) is 36.0 Å². The van der Waals surface area contributed by atoms with Crippen LogP contribution in [0.2, 0.25) is 0 Å². The maximum Gasteiger partial charge on any atom is 0.0296 e. The highest BCUT2D eigenvalue weighted by atomic mass is 14.9. The average Bonchev–Trinajstić information content (AvgIpc) is 2.27. The zero-order chi connectivity index (χ0) is 14.4. The number of aryl methyl sites for hydroxylation is 2. The number of nitrogens with one attached hydrogen (secondary N) is 1. The van der Waals surface area contributed by atoms with Gasteiger partial charge in [-0.15, -0.1) is 0 Å². The minimum Gasteiger partial charge on any atom is -0.308 e. The van der Waals surface area contributed by atoms with Gasteiger partial charge in [0.15, 0.2) is 0 Å². The lowest BCUT2D eigenvalue weighted by Crippen LogP contribution is -2.29. The molecule has 1 aromatic carbocycles. The fourth-order valence-electron chi connectivity index (χ4n) is 2.74. The molecule has 1 aromatic rings. The van der Waals surface area contributed by atoms with Crippen molar-refractivity contribution in [1.82, 2.24) is 5.32 Å². The number of rotatable bonds is 7. The van der Waals surface area contributed by atoms with Gasteiger partial charge >= 0.3 is 0 Å². The van der Waals surface area contributed by atoms with E-state index in [0.29, 0.717) is 12.1 Å². The van der Waals surface area contributed by atoms with Crippen LogP contribution in [0, 0.1) is 19.8 Å². The van der Waals surface area contributed by atoms with E-state index >= 15 is 0 Å². The Bertz CT molecular complexity index is 381. The van der Waals surface area contributed by atoms with E-state index in [1.807, 2.05) is 0 Å². The van der Waals surface area contributed by atoms with Crippen LogP contribution >= 0.6 is 0 Å². The lowest BCUT2D eigenvalue weighted by molar-refractivity contribution is 0.423. The Balaban J connectivity index is 2.47. The van der Waals surface area contributed by atoms with Gasteiger partial charge in [-0.1, -0.05) is 50.5 Å². The Morgan fingerprint density at radius 3 is 2.26 bits per heavy atom. The van der Waals surface area contributed by atoms with Crippen molar-refractivity contribution in [2.75, 3.05) is 0 Å². The summed E-state index contributed by atoms with van der Waals surface area (Å²) in [5, 5.41) is 3.73. The smallest absolute Gasteiger partial charge is 0.0296 e. The van der Waals surface area contributed by atoms with Crippen molar-refractivity contribution in [3.63, 3.8) is 0 Å². The third-order valence-electron chi connectivity index (χ3n) is 3.84. The second kappa shape index (κ2) is 7.69. The van der Waals surface area contributed by atoms with E-state index in [-0.39, 0.29) is 0 Å². The molecule has 0 fully saturated rings. The van der Waals surface area contributed by atoms with E-state index in [9.17, 15) is 0 Å². The molecular weight excluding hydrogens is 230 g/mol. The van der Waals surface area contributed by atoms with Crippen molar-refractivity contribution in [3.05, 3.63) is 34.9 Å². The van der Waals surface area contributed by atoms with Gasteiger partial charge in [-0.3, -0.25) is 0 Å². The number of hydrogen-bond donors (Lipinski definition) is 1. The molecule has 1 N–H and O–H groups in total. The second-order valence-corrected chi connectivity index (χ2v) is 6.47. The summed E-state index contributed by atoms with van der Waals surface area (Å²) < 4.78 is 0. The molecule has 0 saturated carbocycles. The molecule has 0 saturated heterocycles. The normalized spacial score (nSPS) is 14.7. The van der Waals surface area contributed by atoms with Gasteiger partial charge in [0, 0.05) is 12.1 Å². The van der Waals surface area contributed by atoms with Crippen LogP contribution in [0.5, 0.6) is 0 Å². The Kier molecular flexibility index (Phi) is 6.57. The lowest BCUT2D eigenvalue weighted by atomic mass is 9.98. The molecule has 0 amide bonds. The molecule has 0 bridgehead atoms. The fraction of sp³-hybridized carbons (Fsp3) is 0.667. The van der Waals surface area contributed by atoms with E-state index in [1.54, 1.807) is 0 Å². The first-order valence-electron chi connectivity index (χ1n) is 7.73. The van der Waals surface area contributed by atoms with Crippen LogP contribution in [0.4, 0.5) is 0 Å². The van der Waals surface area contributed by atoms with Gasteiger partial charge in [-0.05, 0) is 51.2 Å². The van der Waals surface area contributed by atoms with Gasteiger partial charge in [0.2, 0.25) is 0 Å². The molecule has 0 aromatic heterocycles. The summed E-state index contributed by atoms with van der Waals surface area (Å²) in [5.41, 5.74) is 4.18. The topological polar surface area (TPSA) is 12.0 Å². The third kappa shape index (κ3) is 5.78. The summed E-state index contributed by atoms with van der Waals surface area (Å²) in [4.78, 5) is 0. The summed E-state index contributed by atoms with van der Waals surface area (Å²) in [7, 11) is 0. The van der Waals surface area contributed by atoms with Crippen LogP contribution in [0.3, 0.4) is 0 Å². The molecule has 1 rings (SSSR count). The van der Waals surface area contributed by atoms with Crippen molar-refractivity contribution >= 4 is 0 Å². The second-order valence-electron chi connectivity index (χ2n) is 6.47. The highest BCUT2D eigenvalue weighted by Gasteiger charge is 2.11. The van der Waals surface area contributed by atoms with Crippen molar-refractivity contribution < 1.29 is 0 Å². The molecule has 1 nitrogen and oxygen atoms in total. The van der Waals surface area contributed by atoms with E-state index in [0.717, 1.165) is 5.92 Å². The standard InChI is InChI=1S/C18H31N/c1-13(2)8-7-9-16(5)19-17(6)18-11-10-14(3)12-15(18)4/h10-13,16-17,19H,7-9H2,1-6H3. The molecule has 0 aliphatic heterocycles. The number of hydrogen-bond acceptors (Lipinski definition) is 1. The van der Waals surface area contributed by atoms with Gasteiger partial charge in [0.25, 0.3) is 0 Å². The SMILES string of the molecule is Cc1ccc(C(C)NC(C)CCCC(C)C)c(C)c1. The van der Waals surface area contributed by atoms with Gasteiger partial charge in [-0.25, -0.2) is 0 Å². The quantitative estimate of drug-likeness (QED) is 0.714. The van der Waals surface area contributed by atoms with Crippen LogP contribution in [-0.2, 0) is 0 Å². The van der Waals surface area contributed by atoms with E-state index < -0.39 is 0 Å². The van der Waals surface area contributed by atoms with Crippen LogP contribution in [0.1, 0.15) is 69.7 Å². The minimum absolute atomic E-state index is 0.439. The minimum atomic E-state index is 0.439. The molecule has 0 heterocycles. The zero-order valence-electron chi connectivity index (χ0n) is 13.6. The summed E-state index contributed by atoms with van der Waals surface area (Å²) in [6, 6.07) is 7.79. The van der Waals surface area contributed by atoms with Crippen molar-refractivity contribution in [2.24, 2.45) is 5.92 Å². The van der Waals surface area contributed by atoms with Gasteiger partial charge in [-0.2, -0.15) is 0 Å². The molecule has 19 heavy (non-hydrogen) atoms. The summed E-state index contributed by atoms with van der Waals surface area (Å²) in [5.74, 6) is 0.823. The van der Waals surface area contributed by atoms with Gasteiger partial charge < -0.3 is 5.32 Å². The molecule has 108 valence electrons. The molecule has 0 aliphatic rings. The molecule has 2 atom stereocenters. The van der Waals surface area contributed by atoms with E-state index in [4.69, 9.17) is 0 Å². The Morgan fingerprint density at radius 2 is 1.68 bits per heavy atom. The fourth-order valence-corrected chi connectivity index (χ4v) is 2.74. The Hall–Kier alpha value is -0.820. The average molecular weight is 261 g/mol. The van der Waals surface area contributed by atoms with E-state index in [2.05, 4.69) is 65.1 Å². The summed E-state index contributed by atoms with van der Waals surface area (Å²) in [6.45, 7) is 13.6. The van der Waals surface area contributed by atoms with Gasteiger partial charge in [0.05, 0.1) is 0 Å². The van der Waals surface area contributed by atoms with Gasteiger partial charge in [0.1, 0.15) is 0 Å². The predicted octanol–water partition coefficient (Wildman–Crippen LogP) is 5.17. The first kappa shape index (κ1) is 16.2. The number of benzene rings is 1. The molecule has 0 aliphatic carbocycles. The van der Waals surface area contributed by atoms with Crippen LogP contribution in [0.15, 0.2) is 18.2 Å². The molecule has 2 unspecified atom stereocenters. The van der Waals surface area contributed by atoms with Crippen LogP contribution in [0.25, 0.3) is 0 Å². The summed E-state index contributed by atoms with van der Waals surface area (Å²) >= 11 is 0. The Morgan fingerprint density at radius 1 is 1.00 bits per heavy atom. The molecular formula is C18H31N. The van der Waals surface area contributed by atoms with Crippen molar-refractivity contribution in [1.29, 1.82) is 0 Å². The zero-order valence-corrected chi connectivity index (χ0v) is 13.6. The van der Waals surface area contributed by atoms with Crippen molar-refractivity contribution in [3.8, 4) is 0 Å². The summed E-state index contributed by atoms with van der Waals surface area (Å²) in [6.07, 6.45) is 3.93. The Labute approximate surface area is 119 Å². The lowest BCUT2D eigenvalue weighted by Gasteiger charge is -2.22. The maximum atomic E-state index is 3.73. The predicted molar refractivity (Wildman–Crippen MR) is 85.6 cm³/mol. The highest BCUT2D eigenvalue weighted by molar-refractivity contribution is 5.32. The third-order valence-corrected chi connectivity index (χ3v) is 3.84. The molecule has 0 radical (unpaired) electrons. The van der Waals surface area contributed by atoms with Crippen LogP contribution in [-0.4, -0.2) is 6.04 Å². The monoisotopic (exact) mass is 261 g/mol. The highest BCUT2D eigenvalue weighted by Crippen LogP contribution is 2.20. The largest absolute Gasteiger partial charge is 0.308 e. The molecule has 1 heteroatoms. The first-order chi connectivity index (χ1) is 8.90. The molecule has 0 spiro atoms. The van der Waals surface area contributed by atoms with Crippen LogP contribution < -0.4 is 5.32 Å². The van der Waals surface area contributed by atoms with Crippen molar-refractivity contribution in [2.45, 2.75) is 72.9 Å². The maximum absolute atomic E-state index is 3.73. The first-order valence-corrected chi connectivity index (χ1v) is 7.73.